The van der Waals surface area contributed by atoms with Crippen molar-refractivity contribution in [3.63, 3.8) is 0 Å². The fraction of sp³-hybridized carbons (Fsp3) is 0.182. The number of rotatable bonds is 3. The van der Waals surface area contributed by atoms with E-state index in [0.717, 1.165) is 23.5 Å². The molecular formula is C11H11F4N3P2S. The van der Waals surface area contributed by atoms with Gasteiger partial charge in [0.1, 0.15) is 5.82 Å². The molecule has 1 heterocycles. The van der Waals surface area contributed by atoms with E-state index < -0.39 is 17.6 Å². The van der Waals surface area contributed by atoms with Crippen LogP contribution in [0.25, 0.3) is 11.3 Å². The lowest BCUT2D eigenvalue weighted by Crippen LogP contribution is -2.06. The molecule has 0 spiro atoms. The summed E-state index contributed by atoms with van der Waals surface area (Å²) < 4.78 is 53.4. The predicted molar refractivity (Wildman–Crippen MR) is 81.9 cm³/mol. The van der Waals surface area contributed by atoms with Gasteiger partial charge in [0.15, 0.2) is 5.13 Å². The van der Waals surface area contributed by atoms with Crippen molar-refractivity contribution in [2.75, 3.05) is 5.73 Å². The second kappa shape index (κ2) is 6.13. The number of nitrogens with two attached hydrogens (primary N) is 1. The molecule has 0 radical (unpaired) electrons. The van der Waals surface area contributed by atoms with E-state index in [-0.39, 0.29) is 16.4 Å². The topological polar surface area (TPSA) is 42.1 Å². The Balaban J connectivity index is 2.54. The largest absolute Gasteiger partial charge is 0.416 e. The maximum Gasteiger partial charge on any atom is 0.416 e. The highest BCUT2D eigenvalue weighted by Gasteiger charge is 2.32. The molecule has 3 nitrogen and oxygen atoms in total. The van der Waals surface area contributed by atoms with Crippen LogP contribution in [0.3, 0.4) is 0 Å². The van der Waals surface area contributed by atoms with Gasteiger partial charge in [0.2, 0.25) is 0 Å². The van der Waals surface area contributed by atoms with Crippen LogP contribution >= 0.6 is 30.1 Å². The highest BCUT2D eigenvalue weighted by molar-refractivity contribution is 7.30. The third-order valence-electron chi connectivity index (χ3n) is 2.54. The zero-order valence-corrected chi connectivity index (χ0v) is 13.6. The quantitative estimate of drug-likeness (QED) is 0.670. The van der Waals surface area contributed by atoms with Crippen molar-refractivity contribution < 1.29 is 17.6 Å². The van der Waals surface area contributed by atoms with E-state index >= 15 is 0 Å². The summed E-state index contributed by atoms with van der Waals surface area (Å²) in [7, 11) is 4.79. The van der Waals surface area contributed by atoms with Gasteiger partial charge in [-0.25, -0.2) is 9.37 Å². The summed E-state index contributed by atoms with van der Waals surface area (Å²) in [5.74, 6) is -0.967. The molecule has 1 aromatic carbocycles. The number of hydrogen-bond acceptors (Lipinski definition) is 4. The molecule has 0 saturated heterocycles. The van der Waals surface area contributed by atoms with Crippen molar-refractivity contribution in [1.82, 2.24) is 9.42 Å². The van der Waals surface area contributed by atoms with E-state index in [9.17, 15) is 17.6 Å². The molecular weight excluding hydrogens is 344 g/mol. The third-order valence-corrected chi connectivity index (χ3v) is 3.77. The van der Waals surface area contributed by atoms with E-state index in [0.29, 0.717) is 17.5 Å². The van der Waals surface area contributed by atoms with Crippen molar-refractivity contribution in [3.8, 4) is 11.3 Å². The molecule has 2 aromatic rings. The average Bonchev–Trinajstić information content (AvgIpc) is 2.67. The van der Waals surface area contributed by atoms with Crippen molar-refractivity contribution in [2.24, 2.45) is 0 Å². The van der Waals surface area contributed by atoms with E-state index in [1.807, 2.05) is 0 Å². The molecule has 2 N–H and O–H groups in total. The molecule has 0 fully saturated rings. The van der Waals surface area contributed by atoms with E-state index in [1.54, 1.807) is 4.44 Å². The minimum atomic E-state index is -4.62. The molecule has 2 rings (SSSR count). The third kappa shape index (κ3) is 4.10. The highest BCUT2D eigenvalue weighted by Crippen LogP contribution is 2.36. The smallest absolute Gasteiger partial charge is 0.375 e. The van der Waals surface area contributed by atoms with Gasteiger partial charge in [-0.15, -0.1) is 11.3 Å². The number of aromatic nitrogens is 1. The molecule has 21 heavy (non-hydrogen) atoms. The second-order valence-electron chi connectivity index (χ2n) is 4.22. The van der Waals surface area contributed by atoms with Crippen molar-refractivity contribution in [3.05, 3.63) is 34.5 Å². The molecule has 0 aliphatic heterocycles. The molecule has 114 valence electrons. The zero-order chi connectivity index (χ0) is 15.8. The van der Waals surface area contributed by atoms with Gasteiger partial charge in [0.05, 0.1) is 11.3 Å². The Bertz CT molecular complexity index is 657. The van der Waals surface area contributed by atoms with Crippen LogP contribution in [0.4, 0.5) is 22.7 Å². The Morgan fingerprint density at radius 1 is 1.24 bits per heavy atom. The van der Waals surface area contributed by atoms with Crippen molar-refractivity contribution in [1.29, 1.82) is 0 Å². The molecule has 0 aliphatic rings. The molecule has 2 atom stereocenters. The van der Waals surface area contributed by atoms with Gasteiger partial charge in [-0.05, 0) is 18.2 Å². The van der Waals surface area contributed by atoms with Crippen LogP contribution in [0.15, 0.2) is 18.2 Å². The maximum atomic E-state index is 13.5. The number of hydrogen-bond donors (Lipinski definition) is 1. The summed E-state index contributed by atoms with van der Waals surface area (Å²) in [6.45, 7) is 0.386. The molecule has 10 heteroatoms. The van der Waals surface area contributed by atoms with Crippen LogP contribution in [0, 0.1) is 5.82 Å². The number of nitrogens with zero attached hydrogens (tertiary/aromatic N) is 2. The summed E-state index contributed by atoms with van der Waals surface area (Å²) in [5, 5.41) is 0.217. The van der Waals surface area contributed by atoms with Crippen LogP contribution in [-0.2, 0) is 12.7 Å². The lowest BCUT2D eigenvalue weighted by atomic mass is 10.1. The minimum Gasteiger partial charge on any atom is -0.375 e. The molecule has 2 unspecified atom stereocenters. The summed E-state index contributed by atoms with van der Waals surface area (Å²) in [6, 6.07) is 2.34. The number of benzene rings is 1. The van der Waals surface area contributed by atoms with Crippen molar-refractivity contribution in [2.45, 2.75) is 12.7 Å². The first kappa shape index (κ1) is 16.6. The molecule has 0 bridgehead atoms. The van der Waals surface area contributed by atoms with Crippen LogP contribution in [0.5, 0.6) is 0 Å². The van der Waals surface area contributed by atoms with Gasteiger partial charge in [0.25, 0.3) is 0 Å². The number of nitrogen functional groups attached to an aromatic ring is 1. The Morgan fingerprint density at radius 3 is 2.48 bits per heavy atom. The van der Waals surface area contributed by atoms with Crippen LogP contribution in [-0.4, -0.2) is 9.42 Å². The first-order valence-corrected chi connectivity index (χ1v) is 7.42. The van der Waals surface area contributed by atoms with Gasteiger partial charge in [-0.2, -0.15) is 13.2 Å². The van der Waals surface area contributed by atoms with Gasteiger partial charge >= 0.3 is 6.18 Å². The first-order chi connectivity index (χ1) is 9.66. The Labute approximate surface area is 127 Å². The highest BCUT2D eigenvalue weighted by atomic mass is 32.1. The first-order valence-electron chi connectivity index (χ1n) is 5.57. The fourth-order valence-corrected chi connectivity index (χ4v) is 3.25. The molecule has 0 saturated carbocycles. The number of anilines is 1. The van der Waals surface area contributed by atoms with E-state index in [1.165, 1.54) is 0 Å². The minimum absolute atomic E-state index is 0.0575. The SMILES string of the molecule is Nc1nc(-c2cc(F)cc(C(F)(F)F)c2)c(CN(P)P)s1. The Morgan fingerprint density at radius 2 is 1.90 bits per heavy atom. The van der Waals surface area contributed by atoms with Gasteiger partial charge in [-0.1, -0.05) is 18.8 Å². The maximum absolute atomic E-state index is 13.5. The fourth-order valence-electron chi connectivity index (χ4n) is 1.76. The standard InChI is InChI=1S/C11H11F4N3P2S/c12-7-2-5(1-6(3-7)11(13,14)15)9-8(4-18(19)20)21-10(16)17-9/h1-3H,4,19-20H2,(H2,16,17). The lowest BCUT2D eigenvalue weighted by Gasteiger charge is -2.11. The van der Waals surface area contributed by atoms with Gasteiger partial charge in [-0.3, -0.25) is 4.44 Å². The van der Waals surface area contributed by atoms with E-state index in [4.69, 9.17) is 5.73 Å². The number of alkyl halides is 3. The van der Waals surface area contributed by atoms with Gasteiger partial charge < -0.3 is 5.73 Å². The second-order valence-corrected chi connectivity index (χ2v) is 7.26. The zero-order valence-electron chi connectivity index (χ0n) is 10.5. The summed E-state index contributed by atoms with van der Waals surface area (Å²) in [6.07, 6.45) is -4.62. The lowest BCUT2D eigenvalue weighted by molar-refractivity contribution is -0.137. The van der Waals surface area contributed by atoms with Crippen LogP contribution < -0.4 is 5.73 Å². The number of thiazole rings is 1. The average molecular weight is 355 g/mol. The Kier molecular flexibility index (Phi) is 4.83. The van der Waals surface area contributed by atoms with E-state index in [2.05, 4.69) is 23.8 Å². The summed E-state index contributed by atoms with van der Waals surface area (Å²) in [4.78, 5) is 4.66. The van der Waals surface area contributed by atoms with Crippen molar-refractivity contribution >= 4 is 35.2 Å². The Hall–Kier alpha value is -0.810. The number of halogens is 4. The molecule has 0 aliphatic carbocycles. The molecule has 0 amide bonds. The summed E-state index contributed by atoms with van der Waals surface area (Å²) in [5.41, 5.74) is 4.88. The normalized spacial score (nSPS) is 12.1. The van der Waals surface area contributed by atoms with Gasteiger partial charge in [0, 0.05) is 17.0 Å². The summed E-state index contributed by atoms with van der Waals surface area (Å²) >= 11 is 1.15. The van der Waals surface area contributed by atoms with Crippen LogP contribution in [0.1, 0.15) is 10.4 Å². The molecule has 1 aromatic heterocycles. The van der Waals surface area contributed by atoms with Crippen LogP contribution in [0.2, 0.25) is 0 Å². The predicted octanol–water partition coefficient (Wildman–Crippen LogP) is 3.93. The monoisotopic (exact) mass is 355 g/mol.